The highest BCUT2D eigenvalue weighted by Gasteiger charge is 2.34. The molecule has 214 valence electrons. The zero-order valence-electron chi connectivity index (χ0n) is 23.9. The average molecular weight is 567 g/mol. The third kappa shape index (κ3) is 6.21. The van der Waals surface area contributed by atoms with Crippen molar-refractivity contribution in [2.45, 2.75) is 58.5 Å². The summed E-state index contributed by atoms with van der Waals surface area (Å²) in [6.45, 7) is 9.87. The van der Waals surface area contributed by atoms with Crippen LogP contribution < -0.4 is 15.5 Å². The number of hydrogen-bond donors (Lipinski definition) is 1. The van der Waals surface area contributed by atoms with Gasteiger partial charge in [0, 0.05) is 37.6 Å². The monoisotopic (exact) mass is 566 g/mol. The van der Waals surface area contributed by atoms with Gasteiger partial charge in [0.25, 0.3) is 0 Å². The van der Waals surface area contributed by atoms with E-state index in [-0.39, 0.29) is 36.8 Å². The van der Waals surface area contributed by atoms with Crippen molar-refractivity contribution in [2.75, 3.05) is 36.5 Å². The molecule has 0 bridgehead atoms. The maximum absolute atomic E-state index is 14.1. The molecule has 2 aromatic heterocycles. The molecule has 2 amide bonds. The molecular formula is C29H39ClN8O2. The van der Waals surface area contributed by atoms with Gasteiger partial charge in [0.15, 0.2) is 5.65 Å². The topological polar surface area (TPSA) is 124 Å². The van der Waals surface area contributed by atoms with Crippen LogP contribution in [0.1, 0.15) is 46.1 Å². The second-order valence-electron chi connectivity index (χ2n) is 11.2. The predicted molar refractivity (Wildman–Crippen MR) is 160 cm³/mol. The van der Waals surface area contributed by atoms with Crippen LogP contribution in [0.3, 0.4) is 0 Å². The van der Waals surface area contributed by atoms with Crippen molar-refractivity contribution in [1.29, 1.82) is 5.26 Å². The first-order valence-corrected chi connectivity index (χ1v) is 13.4. The highest BCUT2D eigenvalue weighted by Crippen LogP contribution is 2.32. The van der Waals surface area contributed by atoms with Crippen molar-refractivity contribution < 1.29 is 9.59 Å². The summed E-state index contributed by atoms with van der Waals surface area (Å²) < 4.78 is 1.57. The number of hydrogen-bond acceptors (Lipinski definition) is 7. The van der Waals surface area contributed by atoms with Crippen molar-refractivity contribution >= 4 is 46.9 Å². The van der Waals surface area contributed by atoms with Crippen molar-refractivity contribution in [3.8, 4) is 6.07 Å². The molecule has 0 aliphatic carbocycles. The number of carbonyl (C=O) groups is 2. The number of benzene rings is 1. The standard InChI is InChI=1S/C29H38N8O2.ClH/c1-20-11-15-35(25(38)10-14-31)18-24(20)34(5)26-23-12-16-36(27(23)33-19-32-26)28(39)37(29(2,3)4)22-8-6-7-21(17-22)9-13-30;/h6-8,12,16-17,19-20,24H,9-11,13,15,18,30H2,1-5H3;1H/t20-,24+;/m1./s1. The fourth-order valence-corrected chi connectivity index (χ4v) is 5.40. The van der Waals surface area contributed by atoms with Gasteiger partial charge in [-0.1, -0.05) is 19.1 Å². The SMILES string of the molecule is C[C@@H]1CCN(C(=O)CC#N)C[C@@H]1N(C)c1ncnc2c1ccn2C(=O)N(c1cccc(CCN)c1)C(C)(C)C.Cl. The zero-order valence-corrected chi connectivity index (χ0v) is 24.7. The number of fused-ring (bicyclic) bond motifs is 1. The lowest BCUT2D eigenvalue weighted by atomic mass is 9.92. The summed E-state index contributed by atoms with van der Waals surface area (Å²) in [4.78, 5) is 41.2. The van der Waals surface area contributed by atoms with Gasteiger partial charge in [0.2, 0.25) is 5.91 Å². The van der Waals surface area contributed by atoms with Crippen LogP contribution in [0, 0.1) is 17.2 Å². The van der Waals surface area contributed by atoms with E-state index in [0.29, 0.717) is 37.0 Å². The van der Waals surface area contributed by atoms with Crippen molar-refractivity contribution in [3.05, 3.63) is 48.4 Å². The minimum Gasteiger partial charge on any atom is -0.354 e. The number of aromatic nitrogens is 3. The third-order valence-corrected chi connectivity index (χ3v) is 7.46. The van der Waals surface area contributed by atoms with Crippen LogP contribution in [0.4, 0.5) is 16.3 Å². The Morgan fingerprint density at radius 3 is 2.65 bits per heavy atom. The summed E-state index contributed by atoms with van der Waals surface area (Å²) in [5.74, 6) is 0.863. The summed E-state index contributed by atoms with van der Waals surface area (Å²) in [5, 5.41) is 9.73. The molecule has 0 unspecified atom stereocenters. The van der Waals surface area contributed by atoms with Crippen LogP contribution >= 0.6 is 12.4 Å². The van der Waals surface area contributed by atoms with Gasteiger partial charge in [-0.25, -0.2) is 14.8 Å². The first-order valence-electron chi connectivity index (χ1n) is 13.4. The highest BCUT2D eigenvalue weighted by atomic mass is 35.5. The van der Waals surface area contributed by atoms with E-state index in [0.717, 1.165) is 29.5 Å². The average Bonchev–Trinajstić information content (AvgIpc) is 3.33. The van der Waals surface area contributed by atoms with E-state index >= 15 is 0 Å². The van der Waals surface area contributed by atoms with Gasteiger partial charge >= 0.3 is 6.03 Å². The number of anilines is 2. The van der Waals surface area contributed by atoms with Crippen molar-refractivity contribution in [3.63, 3.8) is 0 Å². The number of carbonyl (C=O) groups excluding carboxylic acids is 2. The quantitative estimate of drug-likeness (QED) is 0.473. The van der Waals surface area contributed by atoms with Gasteiger partial charge in [-0.05, 0) is 69.8 Å². The number of rotatable bonds is 6. The fraction of sp³-hybridized carbons (Fsp3) is 0.483. The molecule has 3 heterocycles. The molecule has 10 nitrogen and oxygen atoms in total. The molecule has 40 heavy (non-hydrogen) atoms. The maximum atomic E-state index is 14.1. The van der Waals surface area contributed by atoms with Gasteiger partial charge in [0.1, 0.15) is 18.6 Å². The molecule has 1 saturated heterocycles. The number of piperidine rings is 1. The van der Waals surface area contributed by atoms with Crippen LogP contribution in [-0.2, 0) is 11.2 Å². The Bertz CT molecular complexity index is 1390. The van der Waals surface area contributed by atoms with Crippen LogP contribution in [0.2, 0.25) is 0 Å². The van der Waals surface area contributed by atoms with E-state index in [9.17, 15) is 9.59 Å². The summed E-state index contributed by atoms with van der Waals surface area (Å²) >= 11 is 0. The van der Waals surface area contributed by atoms with E-state index in [1.165, 1.54) is 6.33 Å². The van der Waals surface area contributed by atoms with Crippen LogP contribution in [0.5, 0.6) is 0 Å². The summed E-state index contributed by atoms with van der Waals surface area (Å²) in [6, 6.07) is 11.5. The second-order valence-corrected chi connectivity index (χ2v) is 11.2. The molecule has 0 radical (unpaired) electrons. The van der Waals surface area contributed by atoms with Gasteiger partial charge in [0.05, 0.1) is 17.5 Å². The second kappa shape index (κ2) is 12.7. The van der Waals surface area contributed by atoms with Gasteiger partial charge in [-0.3, -0.25) is 14.3 Å². The van der Waals surface area contributed by atoms with Gasteiger partial charge in [-0.2, -0.15) is 5.26 Å². The Morgan fingerprint density at radius 1 is 1.23 bits per heavy atom. The van der Waals surface area contributed by atoms with Crippen LogP contribution in [-0.4, -0.2) is 69.6 Å². The van der Waals surface area contributed by atoms with Gasteiger partial charge in [-0.15, -0.1) is 12.4 Å². The normalized spacial score (nSPS) is 17.2. The van der Waals surface area contributed by atoms with E-state index in [2.05, 4.69) is 21.8 Å². The molecule has 3 aromatic rings. The number of likely N-dealkylation sites (tertiary alicyclic amines) is 1. The van der Waals surface area contributed by atoms with E-state index in [4.69, 9.17) is 11.0 Å². The number of nitrogens with two attached hydrogens (primary N) is 1. The molecule has 1 aliphatic rings. The largest absolute Gasteiger partial charge is 0.354 e. The van der Waals surface area contributed by atoms with Crippen molar-refractivity contribution in [2.24, 2.45) is 11.7 Å². The van der Waals surface area contributed by atoms with Crippen molar-refractivity contribution in [1.82, 2.24) is 19.4 Å². The summed E-state index contributed by atoms with van der Waals surface area (Å²) in [5.41, 5.74) is 7.66. The lowest BCUT2D eigenvalue weighted by Gasteiger charge is -2.42. The Balaban J connectivity index is 0.00000441. The Morgan fingerprint density at radius 2 is 1.98 bits per heavy atom. The van der Waals surface area contributed by atoms with Crippen LogP contribution in [0.25, 0.3) is 11.0 Å². The number of amides is 2. The Hall–Kier alpha value is -3.68. The molecule has 0 saturated carbocycles. The van der Waals surface area contributed by atoms with Crippen LogP contribution in [0.15, 0.2) is 42.9 Å². The maximum Gasteiger partial charge on any atom is 0.334 e. The molecule has 0 spiro atoms. The first kappa shape index (κ1) is 30.9. The molecule has 2 atom stereocenters. The zero-order chi connectivity index (χ0) is 28.3. The minimum absolute atomic E-state index is 0. The molecular weight excluding hydrogens is 528 g/mol. The summed E-state index contributed by atoms with van der Waals surface area (Å²) in [6.07, 6.45) is 4.67. The molecule has 1 fully saturated rings. The number of nitrogens with zero attached hydrogens (tertiary/aromatic N) is 7. The third-order valence-electron chi connectivity index (χ3n) is 7.46. The van der Waals surface area contributed by atoms with E-state index in [1.807, 2.05) is 64.2 Å². The van der Waals surface area contributed by atoms with E-state index < -0.39 is 5.54 Å². The van der Waals surface area contributed by atoms with E-state index in [1.54, 1.807) is 20.6 Å². The molecule has 11 heteroatoms. The fourth-order valence-electron chi connectivity index (χ4n) is 5.40. The summed E-state index contributed by atoms with van der Waals surface area (Å²) in [7, 11) is 1.96. The Kier molecular flexibility index (Phi) is 9.77. The molecule has 2 N–H and O–H groups in total. The lowest BCUT2D eigenvalue weighted by Crippen LogP contribution is -2.52. The smallest absolute Gasteiger partial charge is 0.334 e. The van der Waals surface area contributed by atoms with Gasteiger partial charge < -0.3 is 15.5 Å². The number of halogens is 1. The number of nitriles is 1. The first-order chi connectivity index (χ1) is 18.6. The number of likely N-dealkylation sites (N-methyl/N-ethyl adjacent to an activating group) is 1. The Labute approximate surface area is 242 Å². The predicted octanol–water partition coefficient (Wildman–Crippen LogP) is 4.21. The molecule has 1 aromatic carbocycles. The molecule has 4 rings (SSSR count). The molecule has 1 aliphatic heterocycles. The minimum atomic E-state index is -0.501. The highest BCUT2D eigenvalue weighted by molar-refractivity contribution is 6.02. The lowest BCUT2D eigenvalue weighted by molar-refractivity contribution is -0.131.